The molecule has 5 nitrogen and oxygen atoms in total. The molecule has 0 aromatic carbocycles. The molecule has 0 fully saturated rings. The van der Waals surface area contributed by atoms with E-state index in [0.29, 0.717) is 5.16 Å². The molecule has 0 amide bonds. The van der Waals surface area contributed by atoms with Crippen molar-refractivity contribution in [3.05, 3.63) is 22.1 Å². The summed E-state index contributed by atoms with van der Waals surface area (Å²) in [6.07, 6.45) is 0.525. The van der Waals surface area contributed by atoms with Crippen LogP contribution in [0.15, 0.2) is 16.1 Å². The van der Waals surface area contributed by atoms with Gasteiger partial charge in [-0.1, -0.05) is 11.8 Å². The standard InChI is InChI=1S/C8H11ClN2O3S/c1-15-8-10-3-4(7(14)11-8)6(13)5(12)2-9/h3,5-6,12-13H,2H2,1H3,(H,10,11,14). The minimum Gasteiger partial charge on any atom is -0.389 e. The lowest BCUT2D eigenvalue weighted by Gasteiger charge is -2.14. The summed E-state index contributed by atoms with van der Waals surface area (Å²) in [5, 5.41) is 19.3. The molecule has 1 aromatic heterocycles. The fraction of sp³-hybridized carbons (Fsp3) is 0.500. The van der Waals surface area contributed by atoms with E-state index in [1.165, 1.54) is 18.0 Å². The molecule has 84 valence electrons. The monoisotopic (exact) mass is 250 g/mol. The predicted molar refractivity (Wildman–Crippen MR) is 58.3 cm³/mol. The number of aromatic nitrogens is 2. The quantitative estimate of drug-likeness (QED) is 0.402. The first-order chi connectivity index (χ1) is 7.10. The highest BCUT2D eigenvalue weighted by molar-refractivity contribution is 7.98. The fourth-order valence-corrected chi connectivity index (χ4v) is 1.52. The molecule has 3 N–H and O–H groups in total. The first-order valence-electron chi connectivity index (χ1n) is 4.15. The lowest BCUT2D eigenvalue weighted by Crippen LogP contribution is -2.26. The number of aromatic amines is 1. The van der Waals surface area contributed by atoms with Gasteiger partial charge in [0.1, 0.15) is 6.10 Å². The van der Waals surface area contributed by atoms with Gasteiger partial charge in [-0.05, 0) is 6.26 Å². The van der Waals surface area contributed by atoms with Gasteiger partial charge in [0.15, 0.2) is 5.16 Å². The average Bonchev–Trinajstić information content (AvgIpc) is 2.26. The summed E-state index contributed by atoms with van der Waals surface area (Å²) in [5.74, 6) is -0.148. The van der Waals surface area contributed by atoms with E-state index in [4.69, 9.17) is 11.6 Å². The third-order valence-electron chi connectivity index (χ3n) is 1.84. The lowest BCUT2D eigenvalue weighted by molar-refractivity contribution is 0.0314. The van der Waals surface area contributed by atoms with Crippen molar-refractivity contribution < 1.29 is 10.2 Å². The van der Waals surface area contributed by atoms with Gasteiger partial charge in [-0.15, -0.1) is 11.6 Å². The highest BCUT2D eigenvalue weighted by Gasteiger charge is 2.20. The van der Waals surface area contributed by atoms with E-state index in [0.717, 1.165) is 0 Å². The third-order valence-corrected chi connectivity index (χ3v) is 2.75. The van der Waals surface area contributed by atoms with Crippen molar-refractivity contribution in [2.24, 2.45) is 0 Å². The number of alkyl halides is 1. The van der Waals surface area contributed by atoms with E-state index < -0.39 is 17.8 Å². The second kappa shape index (κ2) is 5.50. The summed E-state index contributed by atoms with van der Waals surface area (Å²) in [6.45, 7) is 0. The summed E-state index contributed by atoms with van der Waals surface area (Å²) < 4.78 is 0. The highest BCUT2D eigenvalue weighted by Crippen LogP contribution is 2.14. The third kappa shape index (κ3) is 2.94. The Hall–Kier alpha value is -0.560. The largest absolute Gasteiger partial charge is 0.389 e. The van der Waals surface area contributed by atoms with E-state index in [1.54, 1.807) is 6.26 Å². The van der Waals surface area contributed by atoms with Crippen LogP contribution in [-0.4, -0.2) is 38.4 Å². The van der Waals surface area contributed by atoms with Gasteiger partial charge in [0, 0.05) is 6.20 Å². The van der Waals surface area contributed by atoms with Crippen LogP contribution in [0, 0.1) is 0 Å². The van der Waals surface area contributed by atoms with Crippen LogP contribution in [-0.2, 0) is 0 Å². The number of thioether (sulfide) groups is 1. The Morgan fingerprint density at radius 1 is 1.67 bits per heavy atom. The molecule has 7 heteroatoms. The summed E-state index contributed by atoms with van der Waals surface area (Å²) in [6, 6.07) is 0. The minimum atomic E-state index is -1.31. The van der Waals surface area contributed by atoms with Gasteiger partial charge in [-0.3, -0.25) is 4.79 Å². The fourth-order valence-electron chi connectivity index (χ4n) is 0.994. The number of nitrogens with zero attached hydrogens (tertiary/aromatic N) is 1. The Balaban J connectivity index is 3.00. The maximum Gasteiger partial charge on any atom is 0.257 e. The van der Waals surface area contributed by atoms with Crippen molar-refractivity contribution in [3.63, 3.8) is 0 Å². The van der Waals surface area contributed by atoms with Crippen molar-refractivity contribution in [1.82, 2.24) is 9.97 Å². The van der Waals surface area contributed by atoms with Gasteiger partial charge in [0.25, 0.3) is 5.56 Å². The van der Waals surface area contributed by atoms with Crippen LogP contribution in [0.5, 0.6) is 0 Å². The first kappa shape index (κ1) is 12.5. The van der Waals surface area contributed by atoms with Crippen LogP contribution in [0.4, 0.5) is 0 Å². The number of rotatable bonds is 4. The molecular weight excluding hydrogens is 240 g/mol. The Kier molecular flexibility index (Phi) is 4.59. The SMILES string of the molecule is CSc1ncc(C(O)C(O)CCl)c(=O)[nH]1. The van der Waals surface area contributed by atoms with Gasteiger partial charge >= 0.3 is 0 Å². The van der Waals surface area contributed by atoms with Crippen LogP contribution in [0.3, 0.4) is 0 Å². The van der Waals surface area contributed by atoms with Crippen LogP contribution >= 0.6 is 23.4 Å². The molecule has 0 spiro atoms. The molecule has 1 heterocycles. The minimum absolute atomic E-state index is 0.0148. The van der Waals surface area contributed by atoms with E-state index >= 15 is 0 Å². The van der Waals surface area contributed by atoms with Gasteiger partial charge in [-0.2, -0.15) is 0 Å². The number of hydrogen-bond acceptors (Lipinski definition) is 5. The summed E-state index contributed by atoms with van der Waals surface area (Å²) >= 11 is 6.64. The second-order valence-corrected chi connectivity index (χ2v) is 3.95. The zero-order chi connectivity index (χ0) is 11.4. The highest BCUT2D eigenvalue weighted by atomic mass is 35.5. The predicted octanol–water partition coefficient (Wildman–Crippen LogP) is 0.125. The van der Waals surface area contributed by atoms with Crippen molar-refractivity contribution in [2.45, 2.75) is 17.4 Å². The van der Waals surface area contributed by atoms with Gasteiger partial charge in [0.2, 0.25) is 0 Å². The Morgan fingerprint density at radius 3 is 2.80 bits per heavy atom. The topological polar surface area (TPSA) is 86.2 Å². The van der Waals surface area contributed by atoms with Crippen molar-refractivity contribution in [2.75, 3.05) is 12.1 Å². The Labute approximate surface area is 95.5 Å². The van der Waals surface area contributed by atoms with E-state index in [9.17, 15) is 15.0 Å². The maximum absolute atomic E-state index is 11.4. The van der Waals surface area contributed by atoms with Crippen LogP contribution in [0.25, 0.3) is 0 Å². The molecule has 1 rings (SSSR count). The molecular formula is C8H11ClN2O3S. The van der Waals surface area contributed by atoms with Crippen molar-refractivity contribution in [1.29, 1.82) is 0 Å². The zero-order valence-electron chi connectivity index (χ0n) is 7.98. The number of aliphatic hydroxyl groups excluding tert-OH is 2. The van der Waals surface area contributed by atoms with Crippen LogP contribution in [0.2, 0.25) is 0 Å². The normalized spacial score (nSPS) is 14.9. The number of H-pyrrole nitrogens is 1. The molecule has 0 bridgehead atoms. The van der Waals surface area contributed by atoms with Gasteiger partial charge in [-0.25, -0.2) is 4.98 Å². The molecule has 1 aromatic rings. The summed E-state index contributed by atoms with van der Waals surface area (Å²) in [7, 11) is 0. The van der Waals surface area contributed by atoms with Crippen LogP contribution in [0.1, 0.15) is 11.7 Å². The maximum atomic E-state index is 11.4. The van der Waals surface area contributed by atoms with Gasteiger partial charge in [0.05, 0.1) is 17.5 Å². The molecule has 0 saturated carbocycles. The Bertz CT molecular complexity index is 384. The number of hydrogen-bond donors (Lipinski definition) is 3. The molecule has 15 heavy (non-hydrogen) atoms. The second-order valence-electron chi connectivity index (χ2n) is 2.84. The molecule has 0 saturated heterocycles. The first-order valence-corrected chi connectivity index (χ1v) is 5.91. The summed E-state index contributed by atoms with van der Waals surface area (Å²) in [5.41, 5.74) is -0.452. The number of aliphatic hydroxyl groups is 2. The average molecular weight is 251 g/mol. The van der Waals surface area contributed by atoms with Gasteiger partial charge < -0.3 is 15.2 Å². The molecule has 0 aliphatic rings. The van der Waals surface area contributed by atoms with Crippen molar-refractivity contribution in [3.8, 4) is 0 Å². The molecule has 0 radical (unpaired) electrons. The summed E-state index contributed by atoms with van der Waals surface area (Å²) in [4.78, 5) is 17.8. The molecule has 2 atom stereocenters. The molecule has 0 aliphatic heterocycles. The lowest BCUT2D eigenvalue weighted by atomic mass is 10.1. The molecule has 2 unspecified atom stereocenters. The van der Waals surface area contributed by atoms with E-state index in [-0.39, 0.29) is 11.4 Å². The van der Waals surface area contributed by atoms with E-state index in [1.807, 2.05) is 0 Å². The van der Waals surface area contributed by atoms with Crippen molar-refractivity contribution >= 4 is 23.4 Å². The van der Waals surface area contributed by atoms with Crippen LogP contribution < -0.4 is 5.56 Å². The number of halogens is 1. The number of nitrogens with one attached hydrogen (secondary N) is 1. The van der Waals surface area contributed by atoms with E-state index in [2.05, 4.69) is 9.97 Å². The smallest absolute Gasteiger partial charge is 0.257 e. The zero-order valence-corrected chi connectivity index (χ0v) is 9.55. The Morgan fingerprint density at radius 2 is 2.33 bits per heavy atom. The molecule has 0 aliphatic carbocycles.